The molecule has 0 bridgehead atoms. The molecule has 0 aliphatic carbocycles. The number of hydrogen-bond donors (Lipinski definition) is 0. The first-order valence-electron chi connectivity index (χ1n) is 9.62. The zero-order valence-electron chi connectivity index (χ0n) is 16.4. The third kappa shape index (κ3) is 2.99. The molecular weight excluding hydrogens is 400 g/mol. The zero-order chi connectivity index (χ0) is 20.0. The standard InChI is InChI=1S/C11H11N3S.C10H9N3S/c1-7(2)10-13-15-11-12-8-5-3-4-6-9(8)14(10)11;1-2-9-12-14-10-11-7-5-3-4-6-8(7)13(9)10/h3-7H,1-2H3;3-6H,2H2,1H3. The maximum Gasteiger partial charge on any atom is 0.214 e. The van der Waals surface area contributed by atoms with Crippen molar-refractivity contribution >= 4 is 55.1 Å². The molecule has 0 aliphatic heterocycles. The molecule has 0 fully saturated rings. The van der Waals surface area contributed by atoms with Gasteiger partial charge in [-0.2, -0.15) is 8.75 Å². The van der Waals surface area contributed by atoms with Gasteiger partial charge in [0.05, 0.1) is 22.1 Å². The number of rotatable bonds is 2. The summed E-state index contributed by atoms with van der Waals surface area (Å²) in [6, 6.07) is 16.4. The van der Waals surface area contributed by atoms with Crippen molar-refractivity contribution in [1.82, 2.24) is 27.5 Å². The fraction of sp³-hybridized carbons (Fsp3) is 0.238. The van der Waals surface area contributed by atoms with Crippen molar-refractivity contribution in [2.75, 3.05) is 0 Å². The van der Waals surface area contributed by atoms with E-state index in [4.69, 9.17) is 0 Å². The molecule has 0 saturated heterocycles. The van der Waals surface area contributed by atoms with Gasteiger partial charge in [-0.3, -0.25) is 8.80 Å². The minimum absolute atomic E-state index is 0.427. The van der Waals surface area contributed by atoms with Crippen LogP contribution in [0.25, 0.3) is 32.0 Å². The molecule has 4 heterocycles. The summed E-state index contributed by atoms with van der Waals surface area (Å²) < 4.78 is 13.1. The summed E-state index contributed by atoms with van der Waals surface area (Å²) >= 11 is 2.94. The van der Waals surface area contributed by atoms with Gasteiger partial charge in [-0.1, -0.05) is 45.0 Å². The van der Waals surface area contributed by atoms with Crippen LogP contribution >= 0.6 is 23.1 Å². The Morgan fingerprint density at radius 3 is 1.97 bits per heavy atom. The Kier molecular flexibility index (Phi) is 4.52. The van der Waals surface area contributed by atoms with Gasteiger partial charge in [-0.25, -0.2) is 9.97 Å². The van der Waals surface area contributed by atoms with Gasteiger partial charge in [0, 0.05) is 35.4 Å². The van der Waals surface area contributed by atoms with Crippen molar-refractivity contribution in [3.63, 3.8) is 0 Å². The lowest BCUT2D eigenvalue weighted by molar-refractivity contribution is 0.784. The third-order valence-electron chi connectivity index (χ3n) is 4.83. The molecule has 0 unspecified atom stereocenters. The van der Waals surface area contributed by atoms with Crippen molar-refractivity contribution < 1.29 is 0 Å². The first kappa shape index (κ1) is 18.2. The summed E-state index contributed by atoms with van der Waals surface area (Å²) in [6.45, 7) is 6.43. The topological polar surface area (TPSA) is 60.4 Å². The highest BCUT2D eigenvalue weighted by atomic mass is 32.1. The SMILES string of the molecule is CC(C)c1nsc2nc3ccccc3n12.CCc1nsc2nc3ccccc3n12. The predicted molar refractivity (Wildman–Crippen MR) is 120 cm³/mol. The zero-order valence-corrected chi connectivity index (χ0v) is 18.0. The summed E-state index contributed by atoms with van der Waals surface area (Å²) in [6.07, 6.45) is 0.945. The Balaban J connectivity index is 0.000000125. The minimum atomic E-state index is 0.427. The Hall–Kier alpha value is -2.84. The van der Waals surface area contributed by atoms with E-state index in [-0.39, 0.29) is 0 Å². The number of imidazole rings is 2. The number of para-hydroxylation sites is 4. The van der Waals surface area contributed by atoms with Gasteiger partial charge in [0.25, 0.3) is 0 Å². The van der Waals surface area contributed by atoms with Gasteiger partial charge in [0.15, 0.2) is 0 Å². The van der Waals surface area contributed by atoms with E-state index in [1.807, 2.05) is 36.4 Å². The molecule has 0 atom stereocenters. The lowest BCUT2D eigenvalue weighted by Gasteiger charge is -2.00. The highest BCUT2D eigenvalue weighted by Gasteiger charge is 2.13. The van der Waals surface area contributed by atoms with Crippen LogP contribution in [0.2, 0.25) is 0 Å². The van der Waals surface area contributed by atoms with Crippen LogP contribution in [0.1, 0.15) is 38.3 Å². The molecular formula is C21H20N6S2. The Labute approximate surface area is 175 Å². The number of aromatic nitrogens is 6. The molecule has 4 aromatic heterocycles. The maximum absolute atomic E-state index is 4.54. The molecule has 0 saturated carbocycles. The monoisotopic (exact) mass is 420 g/mol. The smallest absolute Gasteiger partial charge is 0.214 e. The minimum Gasteiger partial charge on any atom is -0.270 e. The molecule has 0 N–H and O–H groups in total. The van der Waals surface area contributed by atoms with E-state index in [9.17, 15) is 0 Å². The second-order valence-electron chi connectivity index (χ2n) is 7.08. The molecule has 6 rings (SSSR count). The lowest BCUT2D eigenvalue weighted by atomic mass is 10.2. The van der Waals surface area contributed by atoms with Gasteiger partial charge < -0.3 is 0 Å². The molecule has 0 radical (unpaired) electrons. The fourth-order valence-corrected chi connectivity index (χ4v) is 5.15. The molecule has 146 valence electrons. The van der Waals surface area contributed by atoms with Crippen LogP contribution in [0, 0.1) is 0 Å². The molecule has 0 amide bonds. The first-order valence-corrected chi connectivity index (χ1v) is 11.2. The summed E-state index contributed by atoms with van der Waals surface area (Å²) in [5, 5.41) is 0. The van der Waals surface area contributed by atoms with Crippen LogP contribution in [-0.4, -0.2) is 27.5 Å². The molecule has 29 heavy (non-hydrogen) atoms. The highest BCUT2D eigenvalue weighted by molar-refractivity contribution is 7.11. The van der Waals surface area contributed by atoms with Crippen LogP contribution in [0.5, 0.6) is 0 Å². The highest BCUT2D eigenvalue weighted by Crippen LogP contribution is 2.24. The Bertz CT molecular complexity index is 1440. The van der Waals surface area contributed by atoms with E-state index in [1.165, 1.54) is 23.1 Å². The van der Waals surface area contributed by atoms with Crippen molar-refractivity contribution in [2.24, 2.45) is 0 Å². The van der Waals surface area contributed by atoms with E-state index >= 15 is 0 Å². The molecule has 2 aromatic carbocycles. The summed E-state index contributed by atoms with van der Waals surface area (Å²) in [4.78, 5) is 11.0. The van der Waals surface area contributed by atoms with Gasteiger partial charge in [0.2, 0.25) is 9.92 Å². The number of aryl methyl sites for hydroxylation is 1. The average molecular weight is 421 g/mol. The van der Waals surface area contributed by atoms with Crippen LogP contribution in [0.15, 0.2) is 48.5 Å². The maximum atomic E-state index is 4.54. The van der Waals surface area contributed by atoms with Crippen LogP contribution < -0.4 is 0 Å². The number of fused-ring (bicyclic) bond motifs is 6. The lowest BCUT2D eigenvalue weighted by Crippen LogP contribution is -1.95. The third-order valence-corrected chi connectivity index (χ3v) is 6.29. The number of nitrogens with zero attached hydrogens (tertiary/aromatic N) is 6. The largest absolute Gasteiger partial charge is 0.270 e. The summed E-state index contributed by atoms with van der Waals surface area (Å²) in [5.74, 6) is 2.62. The van der Waals surface area contributed by atoms with E-state index in [0.717, 1.165) is 50.1 Å². The summed E-state index contributed by atoms with van der Waals surface area (Å²) in [5.41, 5.74) is 4.42. The Morgan fingerprint density at radius 2 is 1.34 bits per heavy atom. The van der Waals surface area contributed by atoms with E-state index in [0.29, 0.717) is 5.92 Å². The molecule has 8 heteroatoms. The van der Waals surface area contributed by atoms with Crippen molar-refractivity contribution in [2.45, 2.75) is 33.1 Å². The second-order valence-corrected chi connectivity index (χ2v) is 8.55. The predicted octanol–water partition coefficient (Wildman–Crippen LogP) is 5.57. The molecule has 0 aliphatic rings. The normalized spacial score (nSPS) is 11.7. The quantitative estimate of drug-likeness (QED) is 0.367. The molecule has 6 nitrogen and oxygen atoms in total. The van der Waals surface area contributed by atoms with Crippen LogP contribution in [0.3, 0.4) is 0 Å². The molecule has 6 aromatic rings. The fourth-order valence-electron chi connectivity index (χ4n) is 3.45. The summed E-state index contributed by atoms with van der Waals surface area (Å²) in [7, 11) is 0. The number of hydrogen-bond acceptors (Lipinski definition) is 6. The second kappa shape index (κ2) is 7.20. The molecule has 0 spiro atoms. The Morgan fingerprint density at radius 1 is 0.793 bits per heavy atom. The van der Waals surface area contributed by atoms with Crippen molar-refractivity contribution in [1.29, 1.82) is 0 Å². The van der Waals surface area contributed by atoms with Crippen molar-refractivity contribution in [3.8, 4) is 0 Å². The van der Waals surface area contributed by atoms with E-state index in [2.05, 4.69) is 60.4 Å². The van der Waals surface area contributed by atoms with E-state index < -0.39 is 0 Å². The first-order chi connectivity index (χ1) is 14.2. The van der Waals surface area contributed by atoms with Gasteiger partial charge in [-0.15, -0.1) is 0 Å². The van der Waals surface area contributed by atoms with Crippen LogP contribution in [0.4, 0.5) is 0 Å². The van der Waals surface area contributed by atoms with Gasteiger partial charge in [-0.05, 0) is 24.3 Å². The van der Waals surface area contributed by atoms with E-state index in [1.54, 1.807) is 0 Å². The van der Waals surface area contributed by atoms with Crippen molar-refractivity contribution in [3.05, 3.63) is 60.2 Å². The number of benzene rings is 2. The van der Waals surface area contributed by atoms with Gasteiger partial charge in [0.1, 0.15) is 11.6 Å². The van der Waals surface area contributed by atoms with Gasteiger partial charge >= 0.3 is 0 Å². The average Bonchev–Trinajstić information content (AvgIpc) is 3.47. The van der Waals surface area contributed by atoms with Crippen LogP contribution in [-0.2, 0) is 6.42 Å².